The average molecular weight is 416 g/mol. The number of nitro groups is 1. The Hall–Kier alpha value is -3.22. The first kappa shape index (κ1) is 22.8. The Morgan fingerprint density at radius 3 is 2.36 bits per heavy atom. The van der Waals surface area contributed by atoms with Crippen LogP contribution in [0.4, 0.5) is 11.4 Å². The smallest absolute Gasteiger partial charge is 0.338 e. The van der Waals surface area contributed by atoms with Gasteiger partial charge in [0.15, 0.2) is 0 Å². The van der Waals surface area contributed by atoms with Crippen molar-refractivity contribution in [1.29, 1.82) is 0 Å². The van der Waals surface area contributed by atoms with Crippen LogP contribution in [0.15, 0.2) is 21.4 Å². The summed E-state index contributed by atoms with van der Waals surface area (Å²) in [6.07, 6.45) is 0.972. The second-order valence-electron chi connectivity index (χ2n) is 5.67. The monoisotopic (exact) mass is 416 g/mol. The van der Waals surface area contributed by atoms with Gasteiger partial charge in [0, 0.05) is 20.2 Å². The van der Waals surface area contributed by atoms with Crippen molar-refractivity contribution in [2.75, 3.05) is 33.6 Å². The molecule has 12 nitrogen and oxygen atoms in total. The number of carbonyl (C=O) groups excluding carboxylic acids is 2. The van der Waals surface area contributed by atoms with E-state index in [9.17, 15) is 28.1 Å². The zero-order valence-corrected chi connectivity index (χ0v) is 16.6. The number of nitro benzene ring substituents is 1. The highest BCUT2D eigenvalue weighted by atomic mass is 32.2. The number of carbonyl (C=O) groups is 2. The van der Waals surface area contributed by atoms with E-state index in [2.05, 4.69) is 19.2 Å². The van der Waals surface area contributed by atoms with Crippen molar-refractivity contribution in [2.45, 2.75) is 17.9 Å². The number of nitrogens with zero attached hydrogens (tertiary/aromatic N) is 3. The van der Waals surface area contributed by atoms with Gasteiger partial charge in [0.2, 0.25) is 0 Å². The first-order chi connectivity index (χ1) is 12.9. The van der Waals surface area contributed by atoms with E-state index >= 15 is 0 Å². The fourth-order valence-corrected chi connectivity index (χ4v) is 3.12. The largest absolute Gasteiger partial charge is 0.467 e. The summed E-state index contributed by atoms with van der Waals surface area (Å²) < 4.78 is 37.8. The van der Waals surface area contributed by atoms with Crippen LogP contribution in [0.5, 0.6) is 0 Å². The van der Waals surface area contributed by atoms with Crippen LogP contribution in [0.1, 0.15) is 17.3 Å². The molecule has 1 N–H and O–H groups in total. The Morgan fingerprint density at radius 1 is 1.29 bits per heavy atom. The van der Waals surface area contributed by atoms with Crippen molar-refractivity contribution in [2.24, 2.45) is 4.40 Å². The number of anilines is 1. The van der Waals surface area contributed by atoms with Gasteiger partial charge in [0.05, 0.1) is 24.7 Å². The Labute approximate surface area is 161 Å². The number of hydrogen-bond acceptors (Lipinski definition) is 9. The van der Waals surface area contributed by atoms with Gasteiger partial charge < -0.3 is 19.7 Å². The Kier molecular flexibility index (Phi) is 7.43. The van der Waals surface area contributed by atoms with Crippen LogP contribution in [-0.2, 0) is 24.3 Å². The predicted molar refractivity (Wildman–Crippen MR) is 98.9 cm³/mol. The van der Waals surface area contributed by atoms with Crippen molar-refractivity contribution in [1.82, 2.24) is 4.90 Å². The molecule has 1 atom stereocenters. The molecule has 0 aromatic heterocycles. The van der Waals surface area contributed by atoms with Gasteiger partial charge in [-0.15, -0.1) is 4.40 Å². The number of esters is 2. The zero-order valence-electron chi connectivity index (χ0n) is 15.8. The third kappa shape index (κ3) is 5.39. The van der Waals surface area contributed by atoms with E-state index in [1.165, 1.54) is 25.9 Å². The molecule has 0 bridgehead atoms. The van der Waals surface area contributed by atoms with Crippen molar-refractivity contribution < 1.29 is 32.4 Å². The fraction of sp³-hybridized carbons (Fsp3) is 0.400. The van der Waals surface area contributed by atoms with Crippen LogP contribution in [0.25, 0.3) is 0 Å². The number of nitrogens with one attached hydrogen (secondary N) is 1. The lowest BCUT2D eigenvalue weighted by molar-refractivity contribution is -0.384. The van der Waals surface area contributed by atoms with Gasteiger partial charge in [-0.05, 0) is 13.0 Å². The molecule has 0 aliphatic carbocycles. The van der Waals surface area contributed by atoms with Gasteiger partial charge in [-0.2, -0.15) is 8.42 Å². The fourth-order valence-electron chi connectivity index (χ4n) is 1.99. The lowest BCUT2D eigenvalue weighted by atomic mass is 10.1. The Balaban J connectivity index is 3.80. The molecule has 0 heterocycles. The Morgan fingerprint density at radius 2 is 1.89 bits per heavy atom. The van der Waals surface area contributed by atoms with E-state index in [0.29, 0.717) is 0 Å². The van der Waals surface area contributed by atoms with E-state index < -0.39 is 49.2 Å². The summed E-state index contributed by atoms with van der Waals surface area (Å²) >= 11 is 0. The third-order valence-corrected chi connectivity index (χ3v) is 4.56. The highest BCUT2D eigenvalue weighted by Gasteiger charge is 2.31. The zero-order chi connectivity index (χ0) is 21.6. The van der Waals surface area contributed by atoms with Gasteiger partial charge in [-0.1, -0.05) is 0 Å². The molecule has 1 rings (SSSR count). The summed E-state index contributed by atoms with van der Waals surface area (Å²) in [7, 11) is 0.699. The standard InChI is InChI=1S/C15H20N4O8S/c1-9(14(20)26-4)17-13-11(19(22)23)6-10(15(21)27-5)7-12(13)28(24,25)16-8-18(2)3/h6-9,17H,1-5H3/b16-8+. The number of benzene rings is 1. The molecule has 0 aliphatic rings. The molecule has 0 fully saturated rings. The van der Waals surface area contributed by atoms with Gasteiger partial charge >= 0.3 is 11.9 Å². The van der Waals surface area contributed by atoms with E-state index in [-0.39, 0.29) is 5.56 Å². The van der Waals surface area contributed by atoms with Crippen molar-refractivity contribution in [3.05, 3.63) is 27.8 Å². The lowest BCUT2D eigenvalue weighted by Gasteiger charge is -2.16. The van der Waals surface area contributed by atoms with Crippen molar-refractivity contribution >= 4 is 39.7 Å². The molecule has 0 aliphatic heterocycles. The molecule has 1 unspecified atom stereocenters. The topological polar surface area (TPSA) is 158 Å². The second kappa shape index (κ2) is 9.12. The first-order valence-corrected chi connectivity index (χ1v) is 9.10. The summed E-state index contributed by atoms with van der Waals surface area (Å²) in [6.45, 7) is 1.32. The molecular formula is C15H20N4O8S. The summed E-state index contributed by atoms with van der Waals surface area (Å²) in [5, 5.41) is 14.0. The number of ether oxygens (including phenoxy) is 2. The molecular weight excluding hydrogens is 396 g/mol. The maximum absolute atomic E-state index is 12.7. The quantitative estimate of drug-likeness (QED) is 0.209. The molecule has 1 aromatic carbocycles. The summed E-state index contributed by atoms with van der Waals surface area (Å²) in [4.78, 5) is 34.8. The average Bonchev–Trinajstić information content (AvgIpc) is 2.64. The molecule has 1 aromatic rings. The van der Waals surface area contributed by atoms with Crippen LogP contribution < -0.4 is 5.32 Å². The summed E-state index contributed by atoms with van der Waals surface area (Å²) in [5.74, 6) is -1.77. The van der Waals surface area contributed by atoms with Gasteiger partial charge in [0.25, 0.3) is 15.7 Å². The van der Waals surface area contributed by atoms with Gasteiger partial charge in [0.1, 0.15) is 23.0 Å². The second-order valence-corrected chi connectivity index (χ2v) is 7.27. The van der Waals surface area contributed by atoms with Gasteiger partial charge in [-0.3, -0.25) is 10.1 Å². The molecule has 13 heteroatoms. The number of hydrogen-bond donors (Lipinski definition) is 1. The van der Waals surface area contributed by atoms with E-state index in [1.807, 2.05) is 0 Å². The van der Waals surface area contributed by atoms with Gasteiger partial charge in [-0.25, -0.2) is 9.59 Å². The van der Waals surface area contributed by atoms with Crippen LogP contribution in [0.3, 0.4) is 0 Å². The lowest BCUT2D eigenvalue weighted by Crippen LogP contribution is -2.28. The first-order valence-electron chi connectivity index (χ1n) is 7.66. The SMILES string of the molecule is COC(=O)c1cc([N+](=O)[O-])c(NC(C)C(=O)OC)c(S(=O)(=O)/N=C/N(C)C)c1. The number of sulfonamides is 1. The predicted octanol–water partition coefficient (Wildman–Crippen LogP) is 0.633. The highest BCUT2D eigenvalue weighted by Crippen LogP contribution is 2.35. The molecule has 0 radical (unpaired) electrons. The maximum atomic E-state index is 12.7. The Bertz CT molecular complexity index is 911. The number of rotatable bonds is 8. The van der Waals surface area contributed by atoms with E-state index in [1.54, 1.807) is 0 Å². The summed E-state index contributed by atoms with van der Waals surface area (Å²) in [6, 6.07) is 0.597. The molecule has 0 spiro atoms. The van der Waals surface area contributed by atoms with Crippen molar-refractivity contribution in [3.63, 3.8) is 0 Å². The normalized spacial score (nSPS) is 12.3. The van der Waals surface area contributed by atoms with Crippen molar-refractivity contribution in [3.8, 4) is 0 Å². The van der Waals surface area contributed by atoms with E-state index in [4.69, 9.17) is 0 Å². The minimum Gasteiger partial charge on any atom is -0.467 e. The van der Waals surface area contributed by atoms with Crippen LogP contribution in [0.2, 0.25) is 0 Å². The van der Waals surface area contributed by atoms with Crippen LogP contribution in [0, 0.1) is 10.1 Å². The number of methoxy groups -OCH3 is 2. The highest BCUT2D eigenvalue weighted by molar-refractivity contribution is 7.90. The van der Waals surface area contributed by atoms with Crippen LogP contribution in [-0.4, -0.2) is 70.9 Å². The minimum atomic E-state index is -4.48. The van der Waals surface area contributed by atoms with E-state index in [0.717, 1.165) is 32.7 Å². The molecule has 0 amide bonds. The maximum Gasteiger partial charge on any atom is 0.338 e. The molecule has 0 saturated heterocycles. The molecule has 0 saturated carbocycles. The summed E-state index contributed by atoms with van der Waals surface area (Å²) in [5.41, 5.74) is -1.63. The molecule has 28 heavy (non-hydrogen) atoms. The minimum absolute atomic E-state index is 0.371. The molecule has 154 valence electrons. The third-order valence-electron chi connectivity index (χ3n) is 3.31. The van der Waals surface area contributed by atoms with Crippen LogP contribution >= 0.6 is 0 Å².